The van der Waals surface area contributed by atoms with Crippen LogP contribution in [0.3, 0.4) is 0 Å². The summed E-state index contributed by atoms with van der Waals surface area (Å²) in [5.74, 6) is 1.93. The maximum atomic E-state index is 4.59. The lowest BCUT2D eigenvalue weighted by atomic mass is 10.3. The van der Waals surface area contributed by atoms with E-state index in [1.807, 2.05) is 7.05 Å². The summed E-state index contributed by atoms with van der Waals surface area (Å²) in [6, 6.07) is 2.16. The highest BCUT2D eigenvalue weighted by Gasteiger charge is 2.22. The first-order valence-corrected chi connectivity index (χ1v) is 9.92. The van der Waals surface area contributed by atoms with Crippen molar-refractivity contribution in [2.24, 2.45) is 4.99 Å². The van der Waals surface area contributed by atoms with Gasteiger partial charge in [0.25, 0.3) is 0 Å². The Balaban J connectivity index is 1.53. The monoisotopic (exact) mass is 364 g/mol. The Hall–Kier alpha value is -1.67. The molecule has 2 aromatic heterocycles. The highest BCUT2D eigenvalue weighted by atomic mass is 32.1. The van der Waals surface area contributed by atoms with E-state index in [9.17, 15) is 0 Å². The van der Waals surface area contributed by atoms with E-state index >= 15 is 0 Å². The maximum Gasteiger partial charge on any atom is 0.205 e. The van der Waals surface area contributed by atoms with Crippen LogP contribution < -0.4 is 10.2 Å². The van der Waals surface area contributed by atoms with Crippen molar-refractivity contribution in [2.75, 3.05) is 38.1 Å². The Labute approximate surface area is 151 Å². The minimum atomic E-state index is 0.840. The van der Waals surface area contributed by atoms with Gasteiger partial charge in [-0.15, -0.1) is 11.3 Å². The van der Waals surface area contributed by atoms with Crippen molar-refractivity contribution in [1.82, 2.24) is 19.6 Å². The lowest BCUT2D eigenvalue weighted by Crippen LogP contribution is -2.52. The fourth-order valence-corrected chi connectivity index (χ4v) is 4.35. The third-order valence-electron chi connectivity index (χ3n) is 4.21. The smallest absolute Gasteiger partial charge is 0.205 e. The molecule has 2 aromatic rings. The highest BCUT2D eigenvalue weighted by Crippen LogP contribution is 2.19. The van der Waals surface area contributed by atoms with E-state index in [1.165, 1.54) is 22.0 Å². The Kier molecular flexibility index (Phi) is 5.68. The third kappa shape index (κ3) is 3.87. The second-order valence-electron chi connectivity index (χ2n) is 5.75. The molecule has 1 aliphatic heterocycles. The number of nitrogens with one attached hydrogen (secondary N) is 1. The quantitative estimate of drug-likeness (QED) is 0.667. The van der Waals surface area contributed by atoms with Crippen molar-refractivity contribution < 1.29 is 0 Å². The van der Waals surface area contributed by atoms with Gasteiger partial charge in [0, 0.05) is 56.1 Å². The number of rotatable bonds is 4. The Morgan fingerprint density at radius 2 is 2.12 bits per heavy atom. The number of aryl methyl sites for hydroxylation is 2. The molecule has 0 unspecified atom stereocenters. The van der Waals surface area contributed by atoms with Gasteiger partial charge < -0.3 is 15.1 Å². The average molecular weight is 365 g/mol. The number of nitrogens with zero attached hydrogens (tertiary/aromatic N) is 5. The summed E-state index contributed by atoms with van der Waals surface area (Å²) >= 11 is 3.30. The van der Waals surface area contributed by atoms with Gasteiger partial charge in [0.15, 0.2) is 5.96 Å². The molecule has 24 heavy (non-hydrogen) atoms. The summed E-state index contributed by atoms with van der Waals surface area (Å²) in [5.41, 5.74) is 1.34. The van der Waals surface area contributed by atoms with E-state index < -0.39 is 0 Å². The Bertz CT molecular complexity index is 684. The molecule has 1 saturated heterocycles. The Morgan fingerprint density at radius 1 is 1.33 bits per heavy atom. The second kappa shape index (κ2) is 7.94. The third-order valence-corrected chi connectivity index (χ3v) is 6.05. The van der Waals surface area contributed by atoms with E-state index in [1.54, 1.807) is 11.3 Å². The van der Waals surface area contributed by atoms with Crippen molar-refractivity contribution >= 4 is 34.0 Å². The van der Waals surface area contributed by atoms with Crippen molar-refractivity contribution in [3.63, 3.8) is 0 Å². The van der Waals surface area contributed by atoms with Crippen LogP contribution >= 0.6 is 22.9 Å². The molecule has 130 valence electrons. The normalized spacial score (nSPS) is 15.9. The predicted octanol–water partition coefficient (Wildman–Crippen LogP) is 2.37. The van der Waals surface area contributed by atoms with Gasteiger partial charge in [0.1, 0.15) is 5.82 Å². The summed E-state index contributed by atoms with van der Waals surface area (Å²) < 4.78 is 4.39. The van der Waals surface area contributed by atoms with Gasteiger partial charge in [-0.3, -0.25) is 4.99 Å². The first-order chi connectivity index (χ1) is 11.7. The van der Waals surface area contributed by atoms with E-state index in [4.69, 9.17) is 0 Å². The van der Waals surface area contributed by atoms with Gasteiger partial charge in [0.05, 0.1) is 6.54 Å². The molecule has 0 amide bonds. The number of aliphatic imine (C=N–C) groups is 1. The number of anilines is 1. The molecular weight excluding hydrogens is 340 g/mol. The van der Waals surface area contributed by atoms with Gasteiger partial charge >= 0.3 is 0 Å². The predicted molar refractivity (Wildman–Crippen MR) is 102 cm³/mol. The van der Waals surface area contributed by atoms with E-state index in [0.29, 0.717) is 0 Å². The van der Waals surface area contributed by atoms with Gasteiger partial charge in [-0.1, -0.05) is 6.92 Å². The average Bonchev–Trinajstić information content (AvgIpc) is 3.25. The molecule has 6 nitrogen and oxygen atoms in total. The fraction of sp³-hybridized carbons (Fsp3) is 0.562. The molecule has 0 spiro atoms. The lowest BCUT2D eigenvalue weighted by molar-refractivity contribution is 0.372. The number of guanidine groups is 1. The molecule has 3 rings (SSSR count). The van der Waals surface area contributed by atoms with Gasteiger partial charge in [-0.25, -0.2) is 4.98 Å². The van der Waals surface area contributed by atoms with Crippen LogP contribution in [-0.4, -0.2) is 53.4 Å². The van der Waals surface area contributed by atoms with Crippen molar-refractivity contribution in [3.05, 3.63) is 27.7 Å². The van der Waals surface area contributed by atoms with Crippen LogP contribution in [0.4, 0.5) is 5.13 Å². The molecule has 1 aliphatic rings. The highest BCUT2D eigenvalue weighted by molar-refractivity contribution is 7.10. The maximum absolute atomic E-state index is 4.59. The molecule has 0 atom stereocenters. The zero-order valence-electron chi connectivity index (χ0n) is 14.4. The zero-order valence-corrected chi connectivity index (χ0v) is 16.1. The molecule has 3 heterocycles. The molecule has 0 aliphatic carbocycles. The standard InChI is InChI=1S/C16H24N6S2/c1-4-14-19-16(24-20-14)22-8-6-21(7-9-22)15(17-3)18-11-13-12(2)5-10-23-13/h5,10H,4,6-9,11H2,1-3H3,(H,17,18). The Morgan fingerprint density at radius 3 is 2.71 bits per heavy atom. The number of hydrogen-bond donors (Lipinski definition) is 1. The number of piperazine rings is 1. The van der Waals surface area contributed by atoms with Crippen molar-refractivity contribution in [2.45, 2.75) is 26.8 Å². The minimum absolute atomic E-state index is 0.840. The van der Waals surface area contributed by atoms with Crippen LogP contribution in [0.15, 0.2) is 16.4 Å². The summed E-state index contributed by atoms with van der Waals surface area (Å²) in [4.78, 5) is 15.1. The fourth-order valence-electron chi connectivity index (χ4n) is 2.70. The molecule has 0 bridgehead atoms. The SMILES string of the molecule is CCc1nsc(N2CCN(C(=NC)NCc3sccc3C)CC2)n1. The van der Waals surface area contributed by atoms with E-state index in [0.717, 1.165) is 56.1 Å². The summed E-state index contributed by atoms with van der Waals surface area (Å²) in [5, 5.41) is 6.68. The van der Waals surface area contributed by atoms with Crippen LogP contribution in [0.1, 0.15) is 23.2 Å². The lowest BCUT2D eigenvalue weighted by Gasteiger charge is -2.36. The number of hydrogen-bond acceptors (Lipinski definition) is 6. The van der Waals surface area contributed by atoms with Crippen LogP contribution in [-0.2, 0) is 13.0 Å². The summed E-state index contributed by atoms with van der Waals surface area (Å²) in [6.07, 6.45) is 0.898. The van der Waals surface area contributed by atoms with E-state index in [-0.39, 0.29) is 0 Å². The minimum Gasteiger partial charge on any atom is -0.351 e. The molecule has 8 heteroatoms. The molecule has 1 fully saturated rings. The summed E-state index contributed by atoms with van der Waals surface area (Å²) in [7, 11) is 1.86. The molecule has 0 radical (unpaired) electrons. The first kappa shape index (κ1) is 17.2. The zero-order chi connectivity index (χ0) is 16.9. The van der Waals surface area contributed by atoms with Gasteiger partial charge in [-0.05, 0) is 23.9 Å². The number of aromatic nitrogens is 2. The van der Waals surface area contributed by atoms with E-state index in [2.05, 4.69) is 54.8 Å². The van der Waals surface area contributed by atoms with Crippen molar-refractivity contribution in [3.8, 4) is 0 Å². The van der Waals surface area contributed by atoms with Gasteiger partial charge in [0.2, 0.25) is 5.13 Å². The van der Waals surface area contributed by atoms with Crippen LogP contribution in [0.25, 0.3) is 0 Å². The van der Waals surface area contributed by atoms with Gasteiger partial charge in [-0.2, -0.15) is 4.37 Å². The molecule has 0 saturated carbocycles. The second-order valence-corrected chi connectivity index (χ2v) is 7.48. The number of thiophene rings is 1. The first-order valence-electron chi connectivity index (χ1n) is 8.27. The molecule has 1 N–H and O–H groups in total. The van der Waals surface area contributed by atoms with Crippen LogP contribution in [0.5, 0.6) is 0 Å². The van der Waals surface area contributed by atoms with Crippen LogP contribution in [0, 0.1) is 6.92 Å². The topological polar surface area (TPSA) is 56.7 Å². The molecule has 0 aromatic carbocycles. The van der Waals surface area contributed by atoms with Crippen molar-refractivity contribution in [1.29, 1.82) is 0 Å². The van der Waals surface area contributed by atoms with Crippen LogP contribution in [0.2, 0.25) is 0 Å². The largest absolute Gasteiger partial charge is 0.351 e. The summed E-state index contributed by atoms with van der Waals surface area (Å²) in [6.45, 7) is 8.89. The molecular formula is C16H24N6S2.